The van der Waals surface area contributed by atoms with Crippen molar-refractivity contribution in [3.8, 4) is 0 Å². The summed E-state index contributed by atoms with van der Waals surface area (Å²) in [5.41, 5.74) is 0. The Morgan fingerprint density at radius 3 is 0.812 bits per heavy atom. The summed E-state index contributed by atoms with van der Waals surface area (Å²) >= 11 is 0. The van der Waals surface area contributed by atoms with Crippen molar-refractivity contribution in [3.05, 3.63) is 24.3 Å². The van der Waals surface area contributed by atoms with E-state index in [4.69, 9.17) is 0 Å². The molecule has 0 aromatic heterocycles. The topological polar surface area (TPSA) is 0 Å². The minimum atomic E-state index is -10.7. The van der Waals surface area contributed by atoms with E-state index in [0.717, 1.165) is 0 Å². The summed E-state index contributed by atoms with van der Waals surface area (Å²) < 4.78 is 59.2. The summed E-state index contributed by atoms with van der Waals surface area (Å²) in [5, 5.41) is 0. The van der Waals surface area contributed by atoms with Gasteiger partial charge in [0.1, 0.15) is 0 Å². The van der Waals surface area contributed by atoms with E-state index in [1.54, 1.807) is 0 Å². The van der Waals surface area contributed by atoms with Crippen LogP contribution in [-0.4, -0.2) is 0 Å². The van der Waals surface area contributed by atoms with E-state index in [0.29, 0.717) is 0 Å². The van der Waals surface area contributed by atoms with E-state index >= 15 is 0 Å². The molecule has 0 aromatic rings. The van der Waals surface area contributed by atoms with Crippen LogP contribution in [0.4, 0.5) is 25.2 Å². The van der Waals surface area contributed by atoms with Gasteiger partial charge in [0.05, 0.1) is 0 Å². The third-order valence-corrected chi connectivity index (χ3v) is 1.33. The van der Waals surface area contributed by atoms with Crippen LogP contribution in [-0.2, 0) is 20.1 Å². The van der Waals surface area contributed by atoms with E-state index in [2.05, 4.69) is 24.3 Å². The van der Waals surface area contributed by atoms with Gasteiger partial charge in [-0.2, -0.15) is 0 Å². The fourth-order valence-corrected chi connectivity index (χ4v) is 0.856. The molecule has 1 aliphatic carbocycles. The number of allylic oxidation sites excluding steroid dienone is 4. The van der Waals surface area contributed by atoms with Crippen LogP contribution in [0.5, 0.6) is 0 Å². The molecule has 0 nitrogen and oxygen atoms in total. The third-order valence-electron chi connectivity index (χ3n) is 1.33. The molecular formula is C8H12F6IrP-. The van der Waals surface area contributed by atoms with Gasteiger partial charge in [-0.05, 0) is 25.7 Å². The van der Waals surface area contributed by atoms with Gasteiger partial charge in [0.2, 0.25) is 0 Å². The first-order valence-corrected chi connectivity index (χ1v) is 6.34. The Labute approximate surface area is 103 Å². The molecule has 0 aliphatic heterocycles. The van der Waals surface area contributed by atoms with Gasteiger partial charge in [0, 0.05) is 20.1 Å². The molecule has 16 heavy (non-hydrogen) atoms. The molecule has 0 unspecified atom stereocenters. The second kappa shape index (κ2) is 5.65. The van der Waals surface area contributed by atoms with Gasteiger partial charge in [0.25, 0.3) is 0 Å². The maximum absolute atomic E-state index is 10.7. The summed E-state index contributed by atoms with van der Waals surface area (Å²) in [4.78, 5) is 0. The molecule has 0 amide bonds. The molecule has 0 atom stereocenters. The molecule has 1 rings (SSSR count). The van der Waals surface area contributed by atoms with Crippen LogP contribution in [0.3, 0.4) is 0 Å². The molecule has 0 saturated heterocycles. The molecule has 0 bridgehead atoms. The average Bonchev–Trinajstić information content (AvgIpc) is 1.75. The van der Waals surface area contributed by atoms with Crippen LogP contribution in [0, 0.1) is 0 Å². The molecule has 0 aromatic carbocycles. The van der Waals surface area contributed by atoms with Gasteiger partial charge >= 0.3 is 33.0 Å². The van der Waals surface area contributed by atoms with Crippen molar-refractivity contribution >= 4 is 7.81 Å². The fraction of sp³-hybridized carbons (Fsp3) is 0.500. The van der Waals surface area contributed by atoms with E-state index in [1.165, 1.54) is 25.7 Å². The number of hydrogen-bond donors (Lipinski definition) is 0. The largest absolute Gasteiger partial charge is 0 e. The summed E-state index contributed by atoms with van der Waals surface area (Å²) in [7, 11) is -10.7. The zero-order valence-corrected chi connectivity index (χ0v) is 11.5. The minimum absolute atomic E-state index is 0. The van der Waals surface area contributed by atoms with E-state index in [-0.39, 0.29) is 20.1 Å². The third kappa shape index (κ3) is 36.8. The van der Waals surface area contributed by atoms with E-state index < -0.39 is 7.81 Å². The Kier molecular flexibility index (Phi) is 6.54. The number of halogens is 6. The molecule has 0 spiro atoms. The molecule has 0 N–H and O–H groups in total. The SMILES string of the molecule is C1=CCCC=CCC1.F[P-](F)(F)(F)(F)F.[Ir]. The van der Waals surface area contributed by atoms with Crippen molar-refractivity contribution in [2.24, 2.45) is 0 Å². The second-order valence-electron chi connectivity index (χ2n) is 3.06. The first-order valence-electron chi connectivity index (χ1n) is 4.31. The minimum Gasteiger partial charge on any atom is 0 e. The molecule has 0 fully saturated rings. The molecule has 8 heteroatoms. The first kappa shape index (κ1) is 18.5. The van der Waals surface area contributed by atoms with Crippen LogP contribution in [0.25, 0.3) is 0 Å². The molecule has 1 radical (unpaired) electrons. The predicted octanol–water partition coefficient (Wildman–Crippen LogP) is 6.05. The zero-order chi connectivity index (χ0) is 12.1. The number of rotatable bonds is 0. The monoisotopic (exact) mass is 446 g/mol. The van der Waals surface area contributed by atoms with Crippen molar-refractivity contribution in [2.75, 3.05) is 0 Å². The van der Waals surface area contributed by atoms with Gasteiger partial charge in [-0.1, -0.05) is 24.3 Å². The normalized spacial score (nSPS) is 20.1. The van der Waals surface area contributed by atoms with Crippen LogP contribution >= 0.6 is 7.81 Å². The van der Waals surface area contributed by atoms with Crippen LogP contribution in [0.1, 0.15) is 25.7 Å². The maximum atomic E-state index is 9.87. The molecule has 0 heterocycles. The van der Waals surface area contributed by atoms with Gasteiger partial charge in [-0.3, -0.25) is 0 Å². The average molecular weight is 445 g/mol. The van der Waals surface area contributed by atoms with E-state index in [1.807, 2.05) is 0 Å². The van der Waals surface area contributed by atoms with Gasteiger partial charge in [-0.25, -0.2) is 0 Å². The molecular weight excluding hydrogens is 433 g/mol. The first-order chi connectivity index (χ1) is 6.45. The number of hydrogen-bond acceptors (Lipinski definition) is 0. The van der Waals surface area contributed by atoms with Crippen molar-refractivity contribution < 1.29 is 45.3 Å². The smallest absolute Gasteiger partial charge is 0 e. The fourth-order valence-electron chi connectivity index (χ4n) is 0.856. The quantitative estimate of drug-likeness (QED) is 0.242. The van der Waals surface area contributed by atoms with Gasteiger partial charge in [-0.15, -0.1) is 0 Å². The van der Waals surface area contributed by atoms with Crippen LogP contribution in [0.15, 0.2) is 24.3 Å². The van der Waals surface area contributed by atoms with Crippen molar-refractivity contribution in [3.63, 3.8) is 0 Å². The zero-order valence-electron chi connectivity index (χ0n) is 8.19. The van der Waals surface area contributed by atoms with Crippen LogP contribution < -0.4 is 0 Å². The second-order valence-corrected chi connectivity index (χ2v) is 4.97. The Bertz CT molecular complexity index is 214. The van der Waals surface area contributed by atoms with Crippen molar-refractivity contribution in [2.45, 2.75) is 25.7 Å². The Hall–Kier alpha value is 0.139. The Morgan fingerprint density at radius 2 is 0.688 bits per heavy atom. The Morgan fingerprint density at radius 1 is 0.562 bits per heavy atom. The van der Waals surface area contributed by atoms with Gasteiger partial charge in [0.15, 0.2) is 0 Å². The summed E-state index contributed by atoms with van der Waals surface area (Å²) in [6.07, 6.45) is 14.0. The summed E-state index contributed by atoms with van der Waals surface area (Å²) in [6.45, 7) is 0. The van der Waals surface area contributed by atoms with Crippen molar-refractivity contribution in [1.82, 2.24) is 0 Å². The predicted molar refractivity (Wildman–Crippen MR) is 50.3 cm³/mol. The summed E-state index contributed by atoms with van der Waals surface area (Å²) in [5.74, 6) is 0. The van der Waals surface area contributed by atoms with E-state index in [9.17, 15) is 25.2 Å². The Balaban J connectivity index is 0. The summed E-state index contributed by atoms with van der Waals surface area (Å²) in [6, 6.07) is 0. The van der Waals surface area contributed by atoms with Gasteiger partial charge < -0.3 is 0 Å². The molecule has 0 saturated carbocycles. The van der Waals surface area contributed by atoms with Crippen molar-refractivity contribution in [1.29, 1.82) is 0 Å². The molecule has 101 valence electrons. The van der Waals surface area contributed by atoms with Crippen LogP contribution in [0.2, 0.25) is 0 Å². The molecule has 1 aliphatic rings. The standard InChI is InChI=1S/C8H12.F6P.Ir/c1-2-4-6-8-7-5-3-1;1-7(2,3,4,5)6;/h1-2,7-8H,3-6H2;;/q;-1;. The maximum Gasteiger partial charge on any atom is 0 e.